The van der Waals surface area contributed by atoms with E-state index in [1.165, 1.54) is 6.20 Å². The molecule has 1 aromatic carbocycles. The minimum Gasteiger partial charge on any atom is -0.403 e. The first-order valence-corrected chi connectivity index (χ1v) is 11.8. The van der Waals surface area contributed by atoms with Gasteiger partial charge in [-0.25, -0.2) is 4.98 Å². The van der Waals surface area contributed by atoms with E-state index in [-0.39, 0.29) is 6.04 Å². The molecule has 9 nitrogen and oxygen atoms in total. The average Bonchev–Trinajstić information content (AvgIpc) is 3.13. The molecule has 0 saturated carbocycles. The van der Waals surface area contributed by atoms with Gasteiger partial charge >= 0.3 is 0 Å². The van der Waals surface area contributed by atoms with Gasteiger partial charge in [-0.1, -0.05) is 11.6 Å². The van der Waals surface area contributed by atoms with Crippen LogP contribution in [0.2, 0.25) is 5.02 Å². The number of piperidine rings is 1. The fourth-order valence-electron chi connectivity index (χ4n) is 4.44. The molecule has 178 valence electrons. The Morgan fingerprint density at radius 1 is 1.29 bits per heavy atom. The second-order valence-electron chi connectivity index (χ2n) is 8.81. The molecule has 5 N–H and O–H groups in total. The number of nitrogen functional groups attached to an aromatic ring is 1. The molecule has 10 heteroatoms. The molecular formula is C24H29ClN8O. The Morgan fingerprint density at radius 3 is 2.79 bits per heavy atom. The Morgan fingerprint density at radius 2 is 2.09 bits per heavy atom. The average molecular weight is 481 g/mol. The number of fused-ring (bicyclic) bond motifs is 1. The van der Waals surface area contributed by atoms with Crippen molar-refractivity contribution >= 4 is 40.4 Å². The standard InChI is InChI=1S/C24H29ClN8O/c1-15-12-33(22-3-2-16(27)8-20(15)22)23-21(25)11-29-24(31-23)30-18(9-26)10-28-17-4-6-32(7-5-17)19-13-34-14-19/h2-3,8-12,17,19H,4-7,13-14,26-27H2,1H3,(H,29,30,31)/b18-9+,28-10?. The summed E-state index contributed by atoms with van der Waals surface area (Å²) in [5.41, 5.74) is 15.2. The van der Waals surface area contributed by atoms with Crippen LogP contribution in [-0.2, 0) is 4.74 Å². The third-order valence-electron chi connectivity index (χ3n) is 6.48. The quantitative estimate of drug-likeness (QED) is 0.366. The fourth-order valence-corrected chi connectivity index (χ4v) is 4.62. The maximum Gasteiger partial charge on any atom is 0.229 e. The number of hydrogen-bond donors (Lipinski definition) is 3. The van der Waals surface area contributed by atoms with Crippen LogP contribution in [0.1, 0.15) is 18.4 Å². The zero-order valence-corrected chi connectivity index (χ0v) is 19.9. The van der Waals surface area contributed by atoms with Crippen molar-refractivity contribution < 1.29 is 4.74 Å². The van der Waals surface area contributed by atoms with Crippen molar-refractivity contribution in [1.29, 1.82) is 0 Å². The van der Waals surface area contributed by atoms with Crippen molar-refractivity contribution in [2.24, 2.45) is 10.7 Å². The van der Waals surface area contributed by atoms with Crippen molar-refractivity contribution in [1.82, 2.24) is 19.4 Å². The van der Waals surface area contributed by atoms with E-state index in [1.54, 1.807) is 12.4 Å². The highest BCUT2D eigenvalue weighted by Gasteiger charge is 2.29. The number of nitrogens with one attached hydrogen (secondary N) is 1. The van der Waals surface area contributed by atoms with Crippen LogP contribution in [0.4, 0.5) is 11.6 Å². The summed E-state index contributed by atoms with van der Waals surface area (Å²) >= 11 is 6.48. The van der Waals surface area contributed by atoms with Crippen LogP contribution in [0, 0.1) is 6.92 Å². The summed E-state index contributed by atoms with van der Waals surface area (Å²) in [5.74, 6) is 0.958. The third-order valence-corrected chi connectivity index (χ3v) is 6.74. The number of likely N-dealkylation sites (tertiary alicyclic amines) is 1. The topological polar surface area (TPSA) is 120 Å². The van der Waals surface area contributed by atoms with E-state index in [0.29, 0.717) is 34.2 Å². The highest BCUT2D eigenvalue weighted by molar-refractivity contribution is 6.32. The first kappa shape index (κ1) is 22.6. The summed E-state index contributed by atoms with van der Waals surface area (Å²) < 4.78 is 7.25. The van der Waals surface area contributed by atoms with Crippen LogP contribution in [0.15, 0.2) is 47.5 Å². The molecule has 0 spiro atoms. The summed E-state index contributed by atoms with van der Waals surface area (Å²) in [6.07, 6.45) is 8.86. The second-order valence-corrected chi connectivity index (χ2v) is 9.21. The van der Waals surface area contributed by atoms with Crippen molar-refractivity contribution in [2.75, 3.05) is 37.4 Å². The van der Waals surface area contributed by atoms with Gasteiger partial charge in [-0.05, 0) is 43.5 Å². The third kappa shape index (κ3) is 4.59. The number of aliphatic imine (C=N–C) groups is 1. The number of ether oxygens (including phenoxy) is 1. The molecule has 0 bridgehead atoms. The lowest BCUT2D eigenvalue weighted by atomic mass is 10.0. The molecule has 2 aliphatic rings. The Kier molecular flexibility index (Phi) is 6.40. The van der Waals surface area contributed by atoms with E-state index in [0.717, 1.165) is 55.6 Å². The van der Waals surface area contributed by atoms with Gasteiger partial charge in [0.05, 0.1) is 42.7 Å². The number of nitrogens with zero attached hydrogens (tertiary/aromatic N) is 5. The molecule has 0 atom stereocenters. The zero-order chi connectivity index (χ0) is 23.7. The molecule has 0 amide bonds. The molecule has 34 heavy (non-hydrogen) atoms. The molecule has 0 aliphatic carbocycles. The lowest BCUT2D eigenvalue weighted by Crippen LogP contribution is -2.52. The number of nitrogens with two attached hydrogens (primary N) is 2. The summed E-state index contributed by atoms with van der Waals surface area (Å²) in [6, 6.07) is 6.64. The van der Waals surface area contributed by atoms with Crippen LogP contribution in [0.5, 0.6) is 0 Å². The van der Waals surface area contributed by atoms with Crippen LogP contribution in [0.25, 0.3) is 16.7 Å². The van der Waals surface area contributed by atoms with Crippen LogP contribution >= 0.6 is 11.6 Å². The SMILES string of the molecule is Cc1cn(-c2nc(N/C(C=NC3CCN(C4COC4)CC3)=C/N)ncc2Cl)c2ccc(N)cc12. The Hall–Kier alpha value is -3.14. The van der Waals surface area contributed by atoms with E-state index in [2.05, 4.69) is 20.2 Å². The van der Waals surface area contributed by atoms with Crippen LogP contribution in [0.3, 0.4) is 0 Å². The van der Waals surface area contributed by atoms with Gasteiger partial charge in [0, 0.05) is 42.8 Å². The molecule has 2 fully saturated rings. The number of rotatable bonds is 6. The second kappa shape index (κ2) is 9.61. The Balaban J connectivity index is 1.30. The van der Waals surface area contributed by atoms with Gasteiger partial charge in [-0.15, -0.1) is 0 Å². The smallest absolute Gasteiger partial charge is 0.229 e. The van der Waals surface area contributed by atoms with E-state index >= 15 is 0 Å². The number of allylic oxidation sites excluding steroid dienone is 1. The highest BCUT2D eigenvalue weighted by Crippen LogP contribution is 2.29. The molecule has 5 rings (SSSR count). The van der Waals surface area contributed by atoms with Gasteiger partial charge in [0.1, 0.15) is 5.02 Å². The molecule has 2 aromatic heterocycles. The number of hydrogen-bond acceptors (Lipinski definition) is 8. The number of aromatic nitrogens is 3. The number of anilines is 2. The Labute approximate surface area is 203 Å². The monoisotopic (exact) mass is 480 g/mol. The highest BCUT2D eigenvalue weighted by atomic mass is 35.5. The van der Waals surface area contributed by atoms with Crippen molar-refractivity contribution in [3.63, 3.8) is 0 Å². The van der Waals surface area contributed by atoms with E-state index in [1.807, 2.05) is 35.9 Å². The summed E-state index contributed by atoms with van der Waals surface area (Å²) in [4.78, 5) is 16.2. The van der Waals surface area contributed by atoms with Crippen molar-refractivity contribution in [3.8, 4) is 5.82 Å². The van der Waals surface area contributed by atoms with Gasteiger partial charge in [-0.2, -0.15) is 4.98 Å². The van der Waals surface area contributed by atoms with Crippen molar-refractivity contribution in [3.05, 3.63) is 53.1 Å². The lowest BCUT2D eigenvalue weighted by molar-refractivity contribution is -0.0709. The summed E-state index contributed by atoms with van der Waals surface area (Å²) in [5, 5.41) is 4.65. The van der Waals surface area contributed by atoms with Crippen LogP contribution in [-0.4, -0.2) is 64.0 Å². The molecule has 2 saturated heterocycles. The molecule has 0 radical (unpaired) electrons. The summed E-state index contributed by atoms with van der Waals surface area (Å²) in [7, 11) is 0. The van der Waals surface area contributed by atoms with E-state index in [4.69, 9.17) is 32.8 Å². The maximum atomic E-state index is 6.48. The minimum absolute atomic E-state index is 0.275. The first-order valence-electron chi connectivity index (χ1n) is 11.5. The number of aryl methyl sites for hydroxylation is 1. The minimum atomic E-state index is 0.275. The van der Waals surface area contributed by atoms with E-state index < -0.39 is 0 Å². The first-order chi connectivity index (χ1) is 16.5. The predicted octanol–water partition coefficient (Wildman–Crippen LogP) is 3.11. The maximum absolute atomic E-state index is 6.48. The van der Waals surface area contributed by atoms with E-state index in [9.17, 15) is 0 Å². The van der Waals surface area contributed by atoms with Gasteiger partial charge < -0.3 is 21.5 Å². The molecule has 3 aromatic rings. The van der Waals surface area contributed by atoms with Gasteiger partial charge in [0.15, 0.2) is 5.82 Å². The Bertz CT molecular complexity index is 1240. The lowest BCUT2D eigenvalue weighted by Gasteiger charge is -2.40. The number of halogens is 1. The van der Waals surface area contributed by atoms with Crippen molar-refractivity contribution in [2.45, 2.75) is 31.8 Å². The molecule has 2 aliphatic heterocycles. The van der Waals surface area contributed by atoms with Gasteiger partial charge in [0.25, 0.3) is 0 Å². The normalized spacial score (nSPS) is 18.6. The zero-order valence-electron chi connectivity index (χ0n) is 19.1. The number of benzene rings is 1. The molecular weight excluding hydrogens is 452 g/mol. The van der Waals surface area contributed by atoms with Gasteiger partial charge in [0.2, 0.25) is 5.95 Å². The summed E-state index contributed by atoms with van der Waals surface area (Å²) in [6.45, 7) is 5.83. The molecule has 0 unspecified atom stereocenters. The fraction of sp³-hybridized carbons (Fsp3) is 0.375. The largest absolute Gasteiger partial charge is 0.403 e. The van der Waals surface area contributed by atoms with Gasteiger partial charge in [-0.3, -0.25) is 14.5 Å². The van der Waals surface area contributed by atoms with Crippen LogP contribution < -0.4 is 16.8 Å². The predicted molar refractivity (Wildman–Crippen MR) is 137 cm³/mol. The molecule has 4 heterocycles.